The Morgan fingerprint density at radius 2 is 2.08 bits per heavy atom. The Bertz CT molecular complexity index is 897. The van der Waals surface area contributed by atoms with Crippen molar-refractivity contribution in [2.45, 2.75) is 19.1 Å². The summed E-state index contributed by atoms with van der Waals surface area (Å²) in [4.78, 5) is 4.67. The Balaban J connectivity index is 1.88. The topological polar surface area (TPSA) is 38.6 Å². The van der Waals surface area contributed by atoms with Crippen LogP contribution in [0.5, 0.6) is 5.75 Å². The fourth-order valence-electron chi connectivity index (χ4n) is 3.19. The van der Waals surface area contributed by atoms with Crippen LogP contribution in [0.1, 0.15) is 23.0 Å². The molecule has 1 atom stereocenters. The lowest BCUT2D eigenvalue weighted by atomic mass is 9.97. The summed E-state index contributed by atoms with van der Waals surface area (Å²) in [6.07, 6.45) is 2.74. The quantitative estimate of drug-likeness (QED) is 0.732. The maximum atomic E-state index is 12.7. The van der Waals surface area contributed by atoms with Crippen LogP contribution in [0.25, 0.3) is 5.65 Å². The number of benzene rings is 1. The number of ether oxygens (including phenoxy) is 1. The number of nitrogens with zero attached hydrogens (tertiary/aromatic N) is 2. The van der Waals surface area contributed by atoms with Crippen molar-refractivity contribution >= 4 is 21.6 Å². The van der Waals surface area contributed by atoms with Gasteiger partial charge in [-0.2, -0.15) is 8.78 Å². The third kappa shape index (κ3) is 2.67. The number of nitrogens with one attached hydrogen (secondary N) is 1. The molecule has 1 aromatic carbocycles. The van der Waals surface area contributed by atoms with E-state index >= 15 is 0 Å². The summed E-state index contributed by atoms with van der Waals surface area (Å²) < 4.78 is 33.1. The summed E-state index contributed by atoms with van der Waals surface area (Å²) in [5, 5.41) is 3.40. The number of aromatic nitrogens is 2. The van der Waals surface area contributed by atoms with Gasteiger partial charge in [-0.25, -0.2) is 4.98 Å². The minimum atomic E-state index is -2.86. The fraction of sp³-hybridized carbons (Fsp3) is 0.235. The van der Waals surface area contributed by atoms with E-state index in [1.807, 2.05) is 34.9 Å². The lowest BCUT2D eigenvalue weighted by molar-refractivity contribution is -0.0506. The summed E-state index contributed by atoms with van der Waals surface area (Å²) in [5.74, 6) is 0.183. The van der Waals surface area contributed by atoms with Gasteiger partial charge in [-0.1, -0.05) is 18.2 Å². The standard InChI is InChI=1S/C17H14BrF2N3O/c18-10-5-6-14-22-12-7-8-21-15(16(12)23(14)9-10)11-3-1-2-4-13(11)24-17(19)20/h1-6,9,15,17,21H,7-8H2/t15-/m1/s1. The number of para-hydroxylation sites is 1. The van der Waals surface area contributed by atoms with Gasteiger partial charge in [0.05, 0.1) is 17.4 Å². The van der Waals surface area contributed by atoms with Gasteiger partial charge in [-0.3, -0.25) is 0 Å². The SMILES string of the molecule is FC(F)Oc1ccccc1[C@H]1NCCc2nc3ccc(Br)cn3c21. The Kier molecular flexibility index (Phi) is 3.97. The largest absolute Gasteiger partial charge is 0.434 e. The number of rotatable bonds is 3. The second-order valence-electron chi connectivity index (χ2n) is 5.57. The molecule has 7 heteroatoms. The van der Waals surface area contributed by atoms with Crippen molar-refractivity contribution < 1.29 is 13.5 Å². The van der Waals surface area contributed by atoms with Crippen molar-refractivity contribution in [1.29, 1.82) is 0 Å². The lowest BCUT2D eigenvalue weighted by Crippen LogP contribution is -2.31. The summed E-state index contributed by atoms with van der Waals surface area (Å²) in [6, 6.07) is 10.5. The molecule has 0 saturated heterocycles. The zero-order chi connectivity index (χ0) is 16.7. The lowest BCUT2D eigenvalue weighted by Gasteiger charge is -2.26. The highest BCUT2D eigenvalue weighted by atomic mass is 79.9. The summed E-state index contributed by atoms with van der Waals surface area (Å²) in [5.41, 5.74) is 3.45. The summed E-state index contributed by atoms with van der Waals surface area (Å²) >= 11 is 3.48. The predicted octanol–water partition coefficient (Wildman–Crippen LogP) is 3.93. The Morgan fingerprint density at radius 1 is 1.25 bits per heavy atom. The highest BCUT2D eigenvalue weighted by Gasteiger charge is 2.29. The monoisotopic (exact) mass is 393 g/mol. The molecule has 124 valence electrons. The fourth-order valence-corrected chi connectivity index (χ4v) is 3.52. The molecule has 0 unspecified atom stereocenters. The summed E-state index contributed by atoms with van der Waals surface area (Å²) in [7, 11) is 0. The first kappa shape index (κ1) is 15.5. The molecule has 24 heavy (non-hydrogen) atoms. The van der Waals surface area contributed by atoms with E-state index in [9.17, 15) is 8.78 Å². The van der Waals surface area contributed by atoms with Gasteiger partial charge < -0.3 is 14.5 Å². The van der Waals surface area contributed by atoms with Crippen LogP contribution in [0.15, 0.2) is 47.1 Å². The Labute approximate surface area is 145 Å². The average molecular weight is 394 g/mol. The normalized spacial score (nSPS) is 17.2. The van der Waals surface area contributed by atoms with Gasteiger partial charge in [-0.15, -0.1) is 0 Å². The van der Waals surface area contributed by atoms with Crippen molar-refractivity contribution in [1.82, 2.24) is 14.7 Å². The number of alkyl halides is 2. The van der Waals surface area contributed by atoms with Crippen LogP contribution in [-0.4, -0.2) is 22.5 Å². The van der Waals surface area contributed by atoms with Crippen LogP contribution in [0.4, 0.5) is 8.78 Å². The van der Waals surface area contributed by atoms with Crippen molar-refractivity contribution in [2.24, 2.45) is 0 Å². The molecule has 3 heterocycles. The molecule has 0 radical (unpaired) electrons. The van der Waals surface area contributed by atoms with Gasteiger partial charge in [0.25, 0.3) is 0 Å². The van der Waals surface area contributed by atoms with Gasteiger partial charge in [0.1, 0.15) is 11.4 Å². The zero-order valence-corrected chi connectivity index (χ0v) is 14.1. The highest BCUT2D eigenvalue weighted by molar-refractivity contribution is 9.10. The number of hydrogen-bond acceptors (Lipinski definition) is 3. The third-order valence-corrected chi connectivity index (χ3v) is 4.59. The van der Waals surface area contributed by atoms with E-state index in [0.29, 0.717) is 5.56 Å². The van der Waals surface area contributed by atoms with E-state index in [0.717, 1.165) is 34.5 Å². The average Bonchev–Trinajstić information content (AvgIpc) is 2.93. The van der Waals surface area contributed by atoms with Crippen molar-refractivity contribution in [3.05, 3.63) is 64.0 Å². The molecule has 0 bridgehead atoms. The van der Waals surface area contributed by atoms with Crippen LogP contribution in [-0.2, 0) is 6.42 Å². The summed E-state index contributed by atoms with van der Waals surface area (Å²) in [6.45, 7) is -2.13. The van der Waals surface area contributed by atoms with E-state index in [4.69, 9.17) is 4.74 Å². The van der Waals surface area contributed by atoms with Gasteiger partial charge >= 0.3 is 6.61 Å². The van der Waals surface area contributed by atoms with Gasteiger partial charge in [0.15, 0.2) is 0 Å². The minimum absolute atomic E-state index is 0.183. The molecule has 0 spiro atoms. The van der Waals surface area contributed by atoms with E-state index < -0.39 is 6.61 Å². The van der Waals surface area contributed by atoms with Gasteiger partial charge in [-0.05, 0) is 34.1 Å². The molecule has 0 saturated carbocycles. The molecule has 0 aliphatic carbocycles. The van der Waals surface area contributed by atoms with Crippen LogP contribution in [0, 0.1) is 0 Å². The van der Waals surface area contributed by atoms with E-state index in [1.54, 1.807) is 12.1 Å². The molecule has 1 aliphatic heterocycles. The van der Waals surface area contributed by atoms with E-state index in [1.165, 1.54) is 0 Å². The highest BCUT2D eigenvalue weighted by Crippen LogP contribution is 2.35. The maximum absolute atomic E-state index is 12.7. The number of halogens is 3. The van der Waals surface area contributed by atoms with Crippen molar-refractivity contribution in [2.75, 3.05) is 6.54 Å². The molecule has 3 aromatic rings. The molecule has 2 aromatic heterocycles. The second kappa shape index (κ2) is 6.14. The number of pyridine rings is 1. The second-order valence-corrected chi connectivity index (χ2v) is 6.49. The molecule has 4 rings (SSSR count). The molecule has 1 aliphatic rings. The molecule has 4 nitrogen and oxygen atoms in total. The third-order valence-electron chi connectivity index (χ3n) is 4.13. The van der Waals surface area contributed by atoms with E-state index in [2.05, 4.69) is 26.2 Å². The maximum Gasteiger partial charge on any atom is 0.387 e. The van der Waals surface area contributed by atoms with Crippen molar-refractivity contribution in [3.63, 3.8) is 0 Å². The van der Waals surface area contributed by atoms with Crippen LogP contribution >= 0.6 is 15.9 Å². The minimum Gasteiger partial charge on any atom is -0.434 e. The predicted molar refractivity (Wildman–Crippen MR) is 89.5 cm³/mol. The first-order valence-corrected chi connectivity index (χ1v) is 8.36. The first-order chi connectivity index (χ1) is 11.6. The van der Waals surface area contributed by atoms with E-state index in [-0.39, 0.29) is 11.8 Å². The van der Waals surface area contributed by atoms with Crippen molar-refractivity contribution in [3.8, 4) is 5.75 Å². The van der Waals surface area contributed by atoms with Crippen LogP contribution in [0.2, 0.25) is 0 Å². The molecule has 1 N–H and O–H groups in total. The molecule has 0 fully saturated rings. The Hall–Kier alpha value is -1.99. The molecule has 0 amide bonds. The van der Waals surface area contributed by atoms with Gasteiger partial charge in [0.2, 0.25) is 0 Å². The Morgan fingerprint density at radius 3 is 2.92 bits per heavy atom. The molecular weight excluding hydrogens is 380 g/mol. The zero-order valence-electron chi connectivity index (χ0n) is 12.5. The number of imidazole rings is 1. The smallest absolute Gasteiger partial charge is 0.387 e. The van der Waals surface area contributed by atoms with Crippen LogP contribution in [0.3, 0.4) is 0 Å². The van der Waals surface area contributed by atoms with Crippen LogP contribution < -0.4 is 10.1 Å². The molecular formula is C17H14BrF2N3O. The first-order valence-electron chi connectivity index (χ1n) is 7.57. The number of hydrogen-bond donors (Lipinski definition) is 1. The number of fused-ring (bicyclic) bond motifs is 3. The van der Waals surface area contributed by atoms with Gasteiger partial charge in [0, 0.05) is 29.2 Å².